The van der Waals surface area contributed by atoms with Gasteiger partial charge in [0.1, 0.15) is 0 Å². The number of hydrogen-bond acceptors (Lipinski definition) is 2. The summed E-state index contributed by atoms with van der Waals surface area (Å²) in [6.07, 6.45) is 1.09. The van der Waals surface area contributed by atoms with Gasteiger partial charge in [-0.25, -0.2) is 4.98 Å². The zero-order chi connectivity index (χ0) is 9.97. The van der Waals surface area contributed by atoms with E-state index < -0.39 is 0 Å². The molecule has 0 amide bonds. The molecular weight excluding hydrogens is 174 g/mol. The van der Waals surface area contributed by atoms with E-state index in [9.17, 15) is 0 Å². The maximum absolute atomic E-state index is 4.43. The summed E-state index contributed by atoms with van der Waals surface area (Å²) < 4.78 is 0. The summed E-state index contributed by atoms with van der Waals surface area (Å²) in [5.41, 5.74) is 2.09. The van der Waals surface area contributed by atoms with Gasteiger partial charge in [0.25, 0.3) is 0 Å². The molecule has 74 valence electrons. The van der Waals surface area contributed by atoms with E-state index in [4.69, 9.17) is 0 Å². The number of hydrogen-bond donors (Lipinski definition) is 2. The van der Waals surface area contributed by atoms with Crippen molar-refractivity contribution in [2.75, 3.05) is 5.32 Å². The van der Waals surface area contributed by atoms with E-state index in [1.807, 2.05) is 24.3 Å². The van der Waals surface area contributed by atoms with Gasteiger partial charge in [0, 0.05) is 6.04 Å². The summed E-state index contributed by atoms with van der Waals surface area (Å²) in [5, 5.41) is 3.31. The van der Waals surface area contributed by atoms with E-state index in [0.717, 1.165) is 23.4 Å². The molecule has 0 bridgehead atoms. The van der Waals surface area contributed by atoms with E-state index in [-0.39, 0.29) is 0 Å². The fourth-order valence-electron chi connectivity index (χ4n) is 1.36. The summed E-state index contributed by atoms with van der Waals surface area (Å²) in [6, 6.07) is 8.50. The molecule has 1 atom stereocenters. The number of aromatic amines is 1. The minimum Gasteiger partial charge on any atom is -0.353 e. The van der Waals surface area contributed by atoms with Crippen molar-refractivity contribution in [2.24, 2.45) is 0 Å². The van der Waals surface area contributed by atoms with Gasteiger partial charge in [-0.05, 0) is 25.5 Å². The summed E-state index contributed by atoms with van der Waals surface area (Å²) in [4.78, 5) is 7.67. The number of para-hydroxylation sites is 2. The summed E-state index contributed by atoms with van der Waals surface area (Å²) in [5.74, 6) is 0.862. The van der Waals surface area contributed by atoms with Crippen LogP contribution in [0.2, 0.25) is 0 Å². The van der Waals surface area contributed by atoms with Crippen LogP contribution >= 0.6 is 0 Å². The lowest BCUT2D eigenvalue weighted by Gasteiger charge is -2.08. The second-order valence-corrected chi connectivity index (χ2v) is 3.56. The van der Waals surface area contributed by atoms with Crippen LogP contribution < -0.4 is 5.32 Å². The Bertz CT molecular complexity index is 386. The van der Waals surface area contributed by atoms with Crippen LogP contribution in [0.5, 0.6) is 0 Å². The average molecular weight is 189 g/mol. The molecule has 0 fully saturated rings. The highest BCUT2D eigenvalue weighted by molar-refractivity contribution is 5.77. The predicted molar refractivity (Wildman–Crippen MR) is 59.5 cm³/mol. The molecule has 0 saturated heterocycles. The molecule has 1 aromatic heterocycles. The van der Waals surface area contributed by atoms with Gasteiger partial charge in [0.05, 0.1) is 11.0 Å². The van der Waals surface area contributed by atoms with E-state index in [1.54, 1.807) is 0 Å². The quantitative estimate of drug-likeness (QED) is 0.779. The van der Waals surface area contributed by atoms with Crippen LogP contribution in [-0.2, 0) is 0 Å². The van der Waals surface area contributed by atoms with Crippen molar-refractivity contribution >= 4 is 17.0 Å². The molecule has 1 unspecified atom stereocenters. The zero-order valence-corrected chi connectivity index (χ0v) is 8.54. The molecule has 0 aliphatic rings. The minimum absolute atomic E-state index is 0.454. The van der Waals surface area contributed by atoms with E-state index in [2.05, 4.69) is 29.1 Å². The SMILES string of the molecule is CCC(C)Nc1nc2ccccc2[nH]1. The molecule has 1 aromatic carbocycles. The third-order valence-electron chi connectivity index (χ3n) is 2.38. The van der Waals surface area contributed by atoms with Crippen molar-refractivity contribution in [1.82, 2.24) is 9.97 Å². The minimum atomic E-state index is 0.454. The Morgan fingerprint density at radius 1 is 1.43 bits per heavy atom. The van der Waals surface area contributed by atoms with Crippen LogP contribution in [0.1, 0.15) is 20.3 Å². The first-order valence-corrected chi connectivity index (χ1v) is 5.01. The normalized spacial score (nSPS) is 13.0. The first kappa shape index (κ1) is 9.06. The van der Waals surface area contributed by atoms with Crippen LogP contribution in [0, 0.1) is 0 Å². The molecule has 14 heavy (non-hydrogen) atoms. The monoisotopic (exact) mass is 189 g/mol. The molecule has 0 saturated carbocycles. The molecule has 3 nitrogen and oxygen atoms in total. The summed E-state index contributed by atoms with van der Waals surface area (Å²) in [6.45, 7) is 4.30. The second kappa shape index (κ2) is 3.70. The van der Waals surface area contributed by atoms with Gasteiger partial charge in [-0.15, -0.1) is 0 Å². The molecule has 1 heterocycles. The van der Waals surface area contributed by atoms with Gasteiger partial charge >= 0.3 is 0 Å². The van der Waals surface area contributed by atoms with Crippen LogP contribution in [0.15, 0.2) is 24.3 Å². The standard InChI is InChI=1S/C11H15N3/c1-3-8(2)12-11-13-9-6-4-5-7-10(9)14-11/h4-8H,3H2,1-2H3,(H2,12,13,14). The zero-order valence-electron chi connectivity index (χ0n) is 8.54. The first-order chi connectivity index (χ1) is 6.79. The lowest BCUT2D eigenvalue weighted by Crippen LogP contribution is -2.14. The predicted octanol–water partition coefficient (Wildman–Crippen LogP) is 2.77. The molecule has 2 N–H and O–H groups in total. The van der Waals surface area contributed by atoms with Gasteiger partial charge in [0.2, 0.25) is 5.95 Å². The Morgan fingerprint density at radius 2 is 2.21 bits per heavy atom. The van der Waals surface area contributed by atoms with Crippen molar-refractivity contribution < 1.29 is 0 Å². The Kier molecular flexibility index (Phi) is 2.39. The lowest BCUT2D eigenvalue weighted by atomic mass is 10.3. The van der Waals surface area contributed by atoms with Crippen molar-refractivity contribution in [3.05, 3.63) is 24.3 Å². The third kappa shape index (κ3) is 1.71. The Morgan fingerprint density at radius 3 is 2.93 bits per heavy atom. The van der Waals surface area contributed by atoms with Gasteiger partial charge in [-0.1, -0.05) is 19.1 Å². The van der Waals surface area contributed by atoms with Crippen molar-refractivity contribution in [2.45, 2.75) is 26.3 Å². The number of nitrogens with one attached hydrogen (secondary N) is 2. The van der Waals surface area contributed by atoms with Crippen molar-refractivity contribution in [1.29, 1.82) is 0 Å². The largest absolute Gasteiger partial charge is 0.353 e. The van der Waals surface area contributed by atoms with Gasteiger partial charge in [-0.3, -0.25) is 0 Å². The molecule has 2 rings (SSSR count). The van der Waals surface area contributed by atoms with Gasteiger partial charge in [-0.2, -0.15) is 0 Å². The number of nitrogens with zero attached hydrogens (tertiary/aromatic N) is 1. The van der Waals surface area contributed by atoms with E-state index in [1.165, 1.54) is 0 Å². The number of H-pyrrole nitrogens is 1. The molecular formula is C11H15N3. The van der Waals surface area contributed by atoms with Crippen LogP contribution in [0.3, 0.4) is 0 Å². The van der Waals surface area contributed by atoms with Crippen LogP contribution in [-0.4, -0.2) is 16.0 Å². The highest BCUT2D eigenvalue weighted by atomic mass is 15.1. The summed E-state index contributed by atoms with van der Waals surface area (Å²) in [7, 11) is 0. The fourth-order valence-corrected chi connectivity index (χ4v) is 1.36. The Labute approximate surface area is 83.6 Å². The molecule has 2 aromatic rings. The molecule has 3 heteroatoms. The average Bonchev–Trinajstić information content (AvgIpc) is 2.59. The molecule has 0 aliphatic heterocycles. The van der Waals surface area contributed by atoms with Crippen molar-refractivity contribution in [3.63, 3.8) is 0 Å². The number of rotatable bonds is 3. The van der Waals surface area contributed by atoms with Gasteiger partial charge < -0.3 is 10.3 Å². The smallest absolute Gasteiger partial charge is 0.201 e. The lowest BCUT2D eigenvalue weighted by molar-refractivity contribution is 0.756. The molecule has 0 spiro atoms. The number of fused-ring (bicyclic) bond motifs is 1. The number of benzene rings is 1. The fraction of sp³-hybridized carbons (Fsp3) is 0.364. The highest BCUT2D eigenvalue weighted by Crippen LogP contribution is 2.14. The second-order valence-electron chi connectivity index (χ2n) is 3.56. The number of aromatic nitrogens is 2. The first-order valence-electron chi connectivity index (χ1n) is 5.01. The Hall–Kier alpha value is -1.51. The molecule has 0 radical (unpaired) electrons. The maximum atomic E-state index is 4.43. The summed E-state index contributed by atoms with van der Waals surface area (Å²) >= 11 is 0. The van der Waals surface area contributed by atoms with Crippen molar-refractivity contribution in [3.8, 4) is 0 Å². The van der Waals surface area contributed by atoms with E-state index in [0.29, 0.717) is 6.04 Å². The van der Waals surface area contributed by atoms with E-state index >= 15 is 0 Å². The highest BCUT2D eigenvalue weighted by Gasteiger charge is 2.03. The number of anilines is 1. The molecule has 0 aliphatic carbocycles. The van der Waals surface area contributed by atoms with Gasteiger partial charge in [0.15, 0.2) is 0 Å². The van der Waals surface area contributed by atoms with Crippen LogP contribution in [0.25, 0.3) is 11.0 Å². The Balaban J connectivity index is 2.27. The van der Waals surface area contributed by atoms with Crippen LogP contribution in [0.4, 0.5) is 5.95 Å². The third-order valence-corrected chi connectivity index (χ3v) is 2.38. The maximum Gasteiger partial charge on any atom is 0.201 e. The number of imidazole rings is 1. The topological polar surface area (TPSA) is 40.7 Å².